The van der Waals surface area contributed by atoms with E-state index < -0.39 is 42.5 Å². The van der Waals surface area contributed by atoms with Crippen molar-refractivity contribution >= 4 is 23.7 Å². The van der Waals surface area contributed by atoms with Gasteiger partial charge in [-0.2, -0.15) is 0 Å². The Morgan fingerprint density at radius 3 is 2.27 bits per heavy atom. The van der Waals surface area contributed by atoms with Gasteiger partial charge in [0.2, 0.25) is 17.7 Å². The third-order valence-corrected chi connectivity index (χ3v) is 4.50. The van der Waals surface area contributed by atoms with Crippen molar-refractivity contribution in [2.75, 3.05) is 13.1 Å². The molecule has 1 aliphatic rings. The highest BCUT2D eigenvalue weighted by Crippen LogP contribution is 2.20. The summed E-state index contributed by atoms with van der Waals surface area (Å²) in [4.78, 5) is 49.4. The fourth-order valence-electron chi connectivity index (χ4n) is 2.84. The second kappa shape index (κ2) is 9.51. The molecule has 0 spiro atoms. The third kappa shape index (κ3) is 5.69. The highest BCUT2D eigenvalue weighted by molar-refractivity contribution is 5.94. The zero-order valence-electron chi connectivity index (χ0n) is 15.8. The number of carboxylic acid groups (broad SMARTS) is 1. The van der Waals surface area contributed by atoms with Gasteiger partial charge in [-0.3, -0.25) is 19.2 Å². The number of amides is 3. The topological polar surface area (TPSA) is 142 Å². The molecule has 5 N–H and O–H groups in total. The standard InChI is InChI=1S/C17H30N4O5/c1-9(2)13(18)17(26)21-7-5-6-11(21)15(24)20-14(10(3)4)16(25)19-8-12(22)23/h9-11,13-14H,5-8,18H2,1-4H3,(H,19,25)(H,20,24)(H,22,23)/t11-,13-,14-/m0/s1. The van der Waals surface area contributed by atoms with Gasteiger partial charge in [-0.1, -0.05) is 27.7 Å². The lowest BCUT2D eigenvalue weighted by molar-refractivity contribution is -0.141. The summed E-state index contributed by atoms with van der Waals surface area (Å²) in [5.74, 6) is -2.70. The minimum Gasteiger partial charge on any atom is -0.480 e. The molecule has 3 atom stereocenters. The molecule has 1 rings (SSSR count). The number of hydrogen-bond acceptors (Lipinski definition) is 5. The van der Waals surface area contributed by atoms with E-state index in [-0.39, 0.29) is 17.7 Å². The Morgan fingerprint density at radius 1 is 1.15 bits per heavy atom. The third-order valence-electron chi connectivity index (χ3n) is 4.50. The van der Waals surface area contributed by atoms with Crippen molar-refractivity contribution in [3.8, 4) is 0 Å². The lowest BCUT2D eigenvalue weighted by Gasteiger charge is -2.30. The van der Waals surface area contributed by atoms with Crippen LogP contribution in [0.25, 0.3) is 0 Å². The first kappa shape index (κ1) is 21.9. The summed E-state index contributed by atoms with van der Waals surface area (Å²) in [5, 5.41) is 13.6. The van der Waals surface area contributed by atoms with Crippen LogP contribution in [0.2, 0.25) is 0 Å². The van der Waals surface area contributed by atoms with Crippen LogP contribution in [-0.4, -0.2) is 64.9 Å². The van der Waals surface area contributed by atoms with Gasteiger partial charge in [-0.05, 0) is 24.7 Å². The van der Waals surface area contributed by atoms with Crippen LogP contribution >= 0.6 is 0 Å². The molecule has 1 saturated heterocycles. The van der Waals surface area contributed by atoms with Crippen molar-refractivity contribution in [3.63, 3.8) is 0 Å². The molecule has 0 unspecified atom stereocenters. The first-order chi connectivity index (χ1) is 12.1. The normalized spacial score (nSPS) is 19.3. The predicted octanol–water partition coefficient (Wildman–Crippen LogP) is -0.698. The fourth-order valence-corrected chi connectivity index (χ4v) is 2.84. The number of likely N-dealkylation sites (tertiary alicyclic amines) is 1. The van der Waals surface area contributed by atoms with Crippen molar-refractivity contribution in [1.82, 2.24) is 15.5 Å². The molecular weight excluding hydrogens is 340 g/mol. The maximum Gasteiger partial charge on any atom is 0.322 e. The number of nitrogens with two attached hydrogens (primary N) is 1. The molecule has 0 aromatic heterocycles. The van der Waals surface area contributed by atoms with Crippen LogP contribution < -0.4 is 16.4 Å². The molecule has 0 aromatic rings. The summed E-state index contributed by atoms with van der Waals surface area (Å²) in [6.07, 6.45) is 1.19. The van der Waals surface area contributed by atoms with Crippen molar-refractivity contribution in [2.24, 2.45) is 17.6 Å². The van der Waals surface area contributed by atoms with Gasteiger partial charge >= 0.3 is 5.97 Å². The van der Waals surface area contributed by atoms with E-state index >= 15 is 0 Å². The molecule has 0 radical (unpaired) electrons. The van der Waals surface area contributed by atoms with Crippen molar-refractivity contribution in [1.29, 1.82) is 0 Å². The van der Waals surface area contributed by atoms with Gasteiger partial charge in [-0.25, -0.2) is 0 Å². The monoisotopic (exact) mass is 370 g/mol. The maximum atomic E-state index is 12.7. The summed E-state index contributed by atoms with van der Waals surface area (Å²) < 4.78 is 0. The Hall–Kier alpha value is -2.16. The second-order valence-corrected chi connectivity index (χ2v) is 7.30. The van der Waals surface area contributed by atoms with E-state index in [0.29, 0.717) is 19.4 Å². The van der Waals surface area contributed by atoms with Gasteiger partial charge < -0.3 is 26.4 Å². The van der Waals surface area contributed by atoms with Gasteiger partial charge in [0.05, 0.1) is 6.04 Å². The summed E-state index contributed by atoms with van der Waals surface area (Å²) in [6.45, 7) is 7.11. The summed E-state index contributed by atoms with van der Waals surface area (Å²) >= 11 is 0. The van der Waals surface area contributed by atoms with Gasteiger partial charge in [0.25, 0.3) is 0 Å². The maximum absolute atomic E-state index is 12.7. The van der Waals surface area contributed by atoms with Crippen LogP contribution in [0, 0.1) is 11.8 Å². The minimum absolute atomic E-state index is 0.0444. The molecule has 0 aliphatic carbocycles. The lowest BCUT2D eigenvalue weighted by atomic mass is 10.0. The van der Waals surface area contributed by atoms with E-state index in [1.54, 1.807) is 13.8 Å². The van der Waals surface area contributed by atoms with E-state index in [2.05, 4.69) is 10.6 Å². The summed E-state index contributed by atoms with van der Waals surface area (Å²) in [5.41, 5.74) is 5.93. The van der Waals surface area contributed by atoms with Crippen LogP contribution in [-0.2, 0) is 19.2 Å². The van der Waals surface area contributed by atoms with Crippen LogP contribution in [0.3, 0.4) is 0 Å². The predicted molar refractivity (Wildman–Crippen MR) is 95.0 cm³/mol. The Morgan fingerprint density at radius 2 is 1.77 bits per heavy atom. The molecule has 0 saturated carbocycles. The van der Waals surface area contributed by atoms with Crippen molar-refractivity contribution in [2.45, 2.75) is 58.7 Å². The number of carbonyl (C=O) groups excluding carboxylic acids is 3. The zero-order chi connectivity index (χ0) is 20.0. The molecule has 1 heterocycles. The number of nitrogens with one attached hydrogen (secondary N) is 2. The van der Waals surface area contributed by atoms with Crippen LogP contribution in [0.15, 0.2) is 0 Å². The average molecular weight is 370 g/mol. The van der Waals surface area contributed by atoms with E-state index in [9.17, 15) is 19.2 Å². The summed E-state index contributed by atoms with van der Waals surface area (Å²) in [6, 6.07) is -2.22. The average Bonchev–Trinajstić information content (AvgIpc) is 3.05. The number of carbonyl (C=O) groups is 4. The molecule has 9 nitrogen and oxygen atoms in total. The van der Waals surface area contributed by atoms with Crippen LogP contribution in [0.5, 0.6) is 0 Å². The number of aliphatic carboxylic acids is 1. The van der Waals surface area contributed by atoms with Crippen molar-refractivity contribution in [3.05, 3.63) is 0 Å². The molecule has 0 aromatic carbocycles. The molecule has 3 amide bonds. The fraction of sp³-hybridized carbons (Fsp3) is 0.765. The van der Waals surface area contributed by atoms with Gasteiger partial charge in [0.1, 0.15) is 18.6 Å². The SMILES string of the molecule is CC(C)[C@H](N)C(=O)N1CCC[C@H]1C(=O)N[C@H](C(=O)NCC(=O)O)C(C)C. The highest BCUT2D eigenvalue weighted by Gasteiger charge is 2.38. The molecule has 26 heavy (non-hydrogen) atoms. The first-order valence-corrected chi connectivity index (χ1v) is 8.92. The highest BCUT2D eigenvalue weighted by atomic mass is 16.4. The first-order valence-electron chi connectivity index (χ1n) is 8.92. The van der Waals surface area contributed by atoms with Gasteiger partial charge in [0.15, 0.2) is 0 Å². The van der Waals surface area contributed by atoms with Crippen LogP contribution in [0.4, 0.5) is 0 Å². The number of nitrogens with zero attached hydrogens (tertiary/aromatic N) is 1. The Kier molecular flexibility index (Phi) is 8.01. The number of carboxylic acids is 1. The smallest absolute Gasteiger partial charge is 0.322 e. The second-order valence-electron chi connectivity index (χ2n) is 7.30. The lowest BCUT2D eigenvalue weighted by Crippen LogP contribution is -2.57. The minimum atomic E-state index is -1.16. The number of rotatable bonds is 8. The summed E-state index contributed by atoms with van der Waals surface area (Å²) in [7, 11) is 0. The molecule has 0 bridgehead atoms. The van der Waals surface area contributed by atoms with Crippen LogP contribution in [0.1, 0.15) is 40.5 Å². The number of hydrogen-bond donors (Lipinski definition) is 4. The Bertz CT molecular complexity index is 549. The molecule has 148 valence electrons. The van der Waals surface area contributed by atoms with E-state index in [0.717, 1.165) is 0 Å². The molecule has 9 heteroatoms. The van der Waals surface area contributed by atoms with Gasteiger partial charge in [-0.15, -0.1) is 0 Å². The molecule has 1 fully saturated rings. The van der Waals surface area contributed by atoms with Gasteiger partial charge in [0, 0.05) is 6.54 Å². The molecule has 1 aliphatic heterocycles. The van der Waals surface area contributed by atoms with E-state index in [4.69, 9.17) is 10.8 Å². The molecular formula is C17H30N4O5. The Balaban J connectivity index is 2.80. The quantitative estimate of drug-likeness (QED) is 0.445. The van der Waals surface area contributed by atoms with E-state index in [1.807, 2.05) is 13.8 Å². The van der Waals surface area contributed by atoms with Crippen molar-refractivity contribution < 1.29 is 24.3 Å². The largest absolute Gasteiger partial charge is 0.480 e. The Labute approximate surface area is 153 Å². The zero-order valence-corrected chi connectivity index (χ0v) is 15.8. The van der Waals surface area contributed by atoms with E-state index in [1.165, 1.54) is 4.90 Å².